The molecule has 0 aliphatic carbocycles. The molecule has 118 valence electrons. The SMILES string of the molecule is COC(Nc1ccccc1[N+](=O)[O-])(C(F)(F)F)C(F)(F)F. The minimum absolute atomic E-state index is 0.197. The van der Waals surface area contributed by atoms with Gasteiger partial charge in [0.1, 0.15) is 5.69 Å². The summed E-state index contributed by atoms with van der Waals surface area (Å²) in [6, 6.07) is 3.61. The van der Waals surface area contributed by atoms with Crippen LogP contribution in [-0.4, -0.2) is 30.1 Å². The van der Waals surface area contributed by atoms with Crippen LogP contribution in [-0.2, 0) is 4.74 Å². The van der Waals surface area contributed by atoms with Gasteiger partial charge in [-0.15, -0.1) is 0 Å². The van der Waals surface area contributed by atoms with Crippen molar-refractivity contribution in [3.05, 3.63) is 34.4 Å². The van der Waals surface area contributed by atoms with Crippen LogP contribution in [0.25, 0.3) is 0 Å². The molecule has 11 heteroatoms. The minimum atomic E-state index is -5.90. The number of nitrogens with zero attached hydrogens (tertiary/aromatic N) is 1. The lowest BCUT2D eigenvalue weighted by molar-refractivity contribution is -0.385. The van der Waals surface area contributed by atoms with Crippen LogP contribution in [0.15, 0.2) is 24.3 Å². The number of ether oxygens (including phenoxy) is 1. The fourth-order valence-corrected chi connectivity index (χ4v) is 1.51. The maximum atomic E-state index is 12.8. The number of methoxy groups -OCH3 is 1. The van der Waals surface area contributed by atoms with Gasteiger partial charge < -0.3 is 10.1 Å². The Kier molecular flexibility index (Phi) is 4.37. The van der Waals surface area contributed by atoms with Crippen LogP contribution in [0.1, 0.15) is 0 Å². The standard InChI is InChI=1S/C10H8F6N2O3/c1-21-8(9(11,12)13,10(14,15)16)17-6-4-2-3-5-7(6)18(19)20/h2-5,17H,1H3. The van der Waals surface area contributed by atoms with Gasteiger partial charge in [0.2, 0.25) is 0 Å². The number of hydrogen-bond acceptors (Lipinski definition) is 4. The Morgan fingerprint density at radius 1 is 1.10 bits per heavy atom. The highest BCUT2D eigenvalue weighted by Gasteiger charge is 2.73. The Morgan fingerprint density at radius 3 is 1.95 bits per heavy atom. The van der Waals surface area contributed by atoms with Crippen molar-refractivity contribution in [2.24, 2.45) is 0 Å². The fraction of sp³-hybridized carbons (Fsp3) is 0.400. The van der Waals surface area contributed by atoms with Crippen LogP contribution < -0.4 is 5.32 Å². The van der Waals surface area contributed by atoms with Gasteiger partial charge in [-0.05, 0) is 6.07 Å². The summed E-state index contributed by atoms with van der Waals surface area (Å²) in [6.07, 6.45) is -11.8. The van der Waals surface area contributed by atoms with Gasteiger partial charge in [0, 0.05) is 13.2 Å². The lowest BCUT2D eigenvalue weighted by Gasteiger charge is -2.36. The van der Waals surface area contributed by atoms with E-state index in [4.69, 9.17) is 0 Å². The Bertz CT molecular complexity index is 514. The lowest BCUT2D eigenvalue weighted by Crippen LogP contribution is -2.63. The van der Waals surface area contributed by atoms with Gasteiger partial charge in [0.15, 0.2) is 0 Å². The van der Waals surface area contributed by atoms with Gasteiger partial charge in [-0.3, -0.25) is 10.1 Å². The van der Waals surface area contributed by atoms with Crippen molar-refractivity contribution in [2.75, 3.05) is 12.4 Å². The van der Waals surface area contributed by atoms with Crippen LogP contribution in [0.4, 0.5) is 37.7 Å². The molecule has 0 saturated carbocycles. The van der Waals surface area contributed by atoms with E-state index in [9.17, 15) is 36.5 Å². The van der Waals surface area contributed by atoms with Gasteiger partial charge in [-0.1, -0.05) is 12.1 Å². The van der Waals surface area contributed by atoms with Gasteiger partial charge in [-0.2, -0.15) is 26.3 Å². The summed E-state index contributed by atoms with van der Waals surface area (Å²) in [6.45, 7) is 0. The van der Waals surface area contributed by atoms with E-state index in [2.05, 4.69) is 4.74 Å². The van der Waals surface area contributed by atoms with E-state index in [1.807, 2.05) is 0 Å². The van der Waals surface area contributed by atoms with Crippen LogP contribution in [0, 0.1) is 10.1 Å². The first-order valence-electron chi connectivity index (χ1n) is 5.16. The van der Waals surface area contributed by atoms with Crippen molar-refractivity contribution in [2.45, 2.75) is 18.1 Å². The molecule has 0 saturated heterocycles. The number of anilines is 1. The first kappa shape index (κ1) is 17.0. The second kappa shape index (κ2) is 5.39. The topological polar surface area (TPSA) is 64.4 Å². The van der Waals surface area contributed by atoms with E-state index in [-0.39, 0.29) is 7.11 Å². The summed E-state index contributed by atoms with van der Waals surface area (Å²) in [4.78, 5) is 9.54. The molecule has 1 N–H and O–H groups in total. The Hall–Kier alpha value is -2.04. The van der Waals surface area contributed by atoms with E-state index in [1.165, 1.54) is 0 Å². The van der Waals surface area contributed by atoms with E-state index < -0.39 is 34.4 Å². The van der Waals surface area contributed by atoms with Gasteiger partial charge in [0.05, 0.1) is 4.92 Å². The molecule has 0 aliphatic rings. The maximum absolute atomic E-state index is 12.8. The Labute approximate surface area is 113 Å². The second-order valence-corrected chi connectivity index (χ2v) is 3.78. The number of hydrogen-bond donors (Lipinski definition) is 1. The van der Waals surface area contributed by atoms with E-state index in [1.54, 1.807) is 0 Å². The molecule has 0 aromatic heterocycles. The highest BCUT2D eigenvalue weighted by Crippen LogP contribution is 2.46. The zero-order valence-corrected chi connectivity index (χ0v) is 10.2. The highest BCUT2D eigenvalue weighted by atomic mass is 19.4. The lowest BCUT2D eigenvalue weighted by atomic mass is 10.1. The van der Waals surface area contributed by atoms with Gasteiger partial charge in [-0.25, -0.2) is 0 Å². The first-order valence-corrected chi connectivity index (χ1v) is 5.16. The van der Waals surface area contributed by atoms with E-state index in [0.29, 0.717) is 6.07 Å². The second-order valence-electron chi connectivity index (χ2n) is 3.78. The van der Waals surface area contributed by atoms with Gasteiger partial charge in [0.25, 0.3) is 5.69 Å². The summed E-state index contributed by atoms with van der Waals surface area (Å²) in [5, 5.41) is 11.7. The molecule has 0 amide bonds. The van der Waals surface area contributed by atoms with Crippen molar-refractivity contribution >= 4 is 11.4 Å². The predicted octanol–water partition coefficient (Wildman–Crippen LogP) is 3.47. The van der Waals surface area contributed by atoms with Crippen LogP contribution >= 0.6 is 0 Å². The number of para-hydroxylation sites is 2. The number of rotatable bonds is 4. The number of alkyl halides is 6. The van der Waals surface area contributed by atoms with E-state index in [0.717, 1.165) is 23.5 Å². The highest BCUT2D eigenvalue weighted by molar-refractivity contribution is 5.62. The summed E-state index contributed by atoms with van der Waals surface area (Å²) >= 11 is 0. The fourth-order valence-electron chi connectivity index (χ4n) is 1.51. The molecule has 0 heterocycles. The zero-order chi connectivity index (χ0) is 16.5. The van der Waals surface area contributed by atoms with Crippen molar-refractivity contribution in [3.8, 4) is 0 Å². The molecule has 0 atom stereocenters. The summed E-state index contributed by atoms with van der Waals surface area (Å²) in [5.74, 6) is 0. The molecule has 21 heavy (non-hydrogen) atoms. The zero-order valence-electron chi connectivity index (χ0n) is 10.2. The molecule has 0 spiro atoms. The average molecular weight is 318 g/mol. The Balaban J connectivity index is 3.43. The molecular formula is C10H8F6N2O3. The van der Waals surface area contributed by atoms with Crippen molar-refractivity contribution in [1.82, 2.24) is 0 Å². The molecule has 0 aliphatic heterocycles. The number of halogens is 6. The first-order chi connectivity index (χ1) is 9.46. The van der Waals surface area contributed by atoms with Gasteiger partial charge >= 0.3 is 18.1 Å². The third-order valence-electron chi connectivity index (χ3n) is 2.52. The molecule has 1 rings (SSSR count). The quantitative estimate of drug-likeness (QED) is 0.399. The molecule has 1 aromatic rings. The molecule has 0 unspecified atom stereocenters. The van der Waals surface area contributed by atoms with E-state index >= 15 is 0 Å². The smallest absolute Gasteiger partial charge is 0.344 e. The van der Waals surface area contributed by atoms with Crippen LogP contribution in [0.2, 0.25) is 0 Å². The van der Waals surface area contributed by atoms with Crippen molar-refractivity contribution in [3.63, 3.8) is 0 Å². The summed E-state index contributed by atoms with van der Waals surface area (Å²) < 4.78 is 80.5. The molecule has 5 nitrogen and oxygen atoms in total. The molecule has 0 radical (unpaired) electrons. The number of nitrogens with one attached hydrogen (secondary N) is 1. The monoisotopic (exact) mass is 318 g/mol. The predicted molar refractivity (Wildman–Crippen MR) is 58.6 cm³/mol. The molecular weight excluding hydrogens is 310 g/mol. The van der Waals surface area contributed by atoms with Crippen LogP contribution in [0.3, 0.4) is 0 Å². The molecule has 0 bridgehead atoms. The van der Waals surface area contributed by atoms with Crippen molar-refractivity contribution < 1.29 is 36.0 Å². The number of nitro benzene ring substituents is 1. The van der Waals surface area contributed by atoms with Crippen LogP contribution in [0.5, 0.6) is 0 Å². The Morgan fingerprint density at radius 2 is 1.57 bits per heavy atom. The van der Waals surface area contributed by atoms with Crippen molar-refractivity contribution in [1.29, 1.82) is 0 Å². The molecule has 1 aromatic carbocycles. The third kappa shape index (κ3) is 3.01. The number of benzene rings is 1. The maximum Gasteiger partial charge on any atom is 0.446 e. The summed E-state index contributed by atoms with van der Waals surface area (Å²) in [7, 11) is 0.197. The summed E-state index contributed by atoms with van der Waals surface area (Å²) in [5.41, 5.74) is -6.68. The number of nitro groups is 1. The largest absolute Gasteiger partial charge is 0.446 e. The average Bonchev–Trinajstić information content (AvgIpc) is 2.33. The molecule has 0 fully saturated rings. The minimum Gasteiger partial charge on any atom is -0.344 e. The third-order valence-corrected chi connectivity index (χ3v) is 2.52. The normalized spacial score (nSPS) is 13.1.